The highest BCUT2D eigenvalue weighted by molar-refractivity contribution is 6.36. The molecule has 4 aliphatic rings. The molecule has 4 bridgehead atoms. The Bertz CT molecular complexity index is 870. The topological polar surface area (TPSA) is 25.2 Å². The van der Waals surface area contributed by atoms with Crippen LogP contribution in [0.4, 0.5) is 0 Å². The van der Waals surface area contributed by atoms with E-state index in [1.54, 1.807) is 6.07 Å². The van der Waals surface area contributed by atoms with Gasteiger partial charge in [0.25, 0.3) is 0 Å². The van der Waals surface area contributed by atoms with E-state index in [0.29, 0.717) is 20.9 Å². The summed E-state index contributed by atoms with van der Waals surface area (Å²) in [4.78, 5) is 0. The quantitative estimate of drug-likeness (QED) is 0.588. The second-order valence-corrected chi connectivity index (χ2v) is 11.0. The Morgan fingerprint density at radius 1 is 1.00 bits per heavy atom. The molecule has 1 aromatic carbocycles. The molecule has 2 unspecified atom stereocenters. The lowest BCUT2D eigenvalue weighted by atomic mass is 9.43. The predicted molar refractivity (Wildman–Crippen MR) is 111 cm³/mol. The summed E-state index contributed by atoms with van der Waals surface area (Å²) in [5, 5.41) is 5.20. The standard InChI is InChI=1S/C23H27Cl2NO/c1-21-8-15-9-22(2,12-21)14-23(10-15,13-21)26-11-17-4-6-20(27-17)18-5-3-16(24)7-19(18)25/h3-7,15,26H,8-14H2,1-2H3. The highest BCUT2D eigenvalue weighted by Crippen LogP contribution is 2.66. The van der Waals surface area contributed by atoms with Gasteiger partial charge in [-0.1, -0.05) is 37.0 Å². The molecule has 6 rings (SSSR count). The first-order valence-corrected chi connectivity index (χ1v) is 10.8. The summed E-state index contributed by atoms with van der Waals surface area (Å²) >= 11 is 12.3. The molecule has 144 valence electrons. The Morgan fingerprint density at radius 3 is 2.41 bits per heavy atom. The van der Waals surface area contributed by atoms with E-state index in [-0.39, 0.29) is 5.54 Å². The van der Waals surface area contributed by atoms with Crippen LogP contribution in [-0.4, -0.2) is 5.54 Å². The van der Waals surface area contributed by atoms with Crippen LogP contribution in [0, 0.1) is 16.7 Å². The molecule has 0 radical (unpaired) electrons. The maximum absolute atomic E-state index is 6.33. The lowest BCUT2D eigenvalue weighted by Gasteiger charge is -2.65. The van der Waals surface area contributed by atoms with Crippen LogP contribution < -0.4 is 5.32 Å². The number of benzene rings is 1. The van der Waals surface area contributed by atoms with Gasteiger partial charge in [0.1, 0.15) is 11.5 Å². The van der Waals surface area contributed by atoms with Crippen LogP contribution >= 0.6 is 23.2 Å². The first kappa shape index (κ1) is 18.1. The molecule has 0 spiro atoms. The summed E-state index contributed by atoms with van der Waals surface area (Å²) in [6, 6.07) is 9.60. The minimum atomic E-state index is 0.286. The van der Waals surface area contributed by atoms with Crippen LogP contribution in [0.5, 0.6) is 0 Å². The molecule has 2 aromatic rings. The molecule has 0 aliphatic heterocycles. The van der Waals surface area contributed by atoms with Crippen molar-refractivity contribution < 1.29 is 4.42 Å². The lowest BCUT2D eigenvalue weighted by Crippen LogP contribution is -2.63. The smallest absolute Gasteiger partial charge is 0.135 e. The fourth-order valence-corrected chi connectivity index (χ4v) is 7.73. The van der Waals surface area contributed by atoms with Crippen LogP contribution in [0.3, 0.4) is 0 Å². The van der Waals surface area contributed by atoms with Crippen molar-refractivity contribution in [3.05, 3.63) is 46.1 Å². The number of hydrogen-bond acceptors (Lipinski definition) is 2. The Balaban J connectivity index is 1.33. The van der Waals surface area contributed by atoms with E-state index in [9.17, 15) is 0 Å². The van der Waals surface area contributed by atoms with Gasteiger partial charge in [-0.25, -0.2) is 0 Å². The van der Waals surface area contributed by atoms with E-state index in [1.807, 2.05) is 18.2 Å². The zero-order chi connectivity index (χ0) is 18.9. The summed E-state index contributed by atoms with van der Waals surface area (Å²) in [7, 11) is 0. The maximum Gasteiger partial charge on any atom is 0.135 e. The first-order valence-electron chi connectivity index (χ1n) is 10.0. The molecule has 27 heavy (non-hydrogen) atoms. The van der Waals surface area contributed by atoms with E-state index in [4.69, 9.17) is 27.6 Å². The molecule has 4 saturated carbocycles. The van der Waals surface area contributed by atoms with Crippen LogP contribution in [0.15, 0.2) is 34.7 Å². The second-order valence-electron chi connectivity index (χ2n) is 10.2. The molecular weight excluding hydrogens is 377 g/mol. The van der Waals surface area contributed by atoms with Gasteiger partial charge in [0.2, 0.25) is 0 Å². The molecule has 2 nitrogen and oxygen atoms in total. The number of rotatable bonds is 4. The fraction of sp³-hybridized carbons (Fsp3) is 0.565. The molecule has 1 N–H and O–H groups in total. The van der Waals surface area contributed by atoms with Crippen LogP contribution in [0.25, 0.3) is 11.3 Å². The van der Waals surface area contributed by atoms with E-state index in [1.165, 1.54) is 38.5 Å². The van der Waals surface area contributed by atoms with Crippen molar-refractivity contribution in [1.29, 1.82) is 0 Å². The van der Waals surface area contributed by atoms with Crippen molar-refractivity contribution in [3.8, 4) is 11.3 Å². The van der Waals surface area contributed by atoms with E-state index >= 15 is 0 Å². The van der Waals surface area contributed by atoms with Crippen molar-refractivity contribution in [2.75, 3.05) is 0 Å². The normalized spacial score (nSPS) is 37.1. The molecular formula is C23H27Cl2NO. The maximum atomic E-state index is 6.33. The lowest BCUT2D eigenvalue weighted by molar-refractivity contribution is -0.118. The zero-order valence-corrected chi connectivity index (χ0v) is 17.6. The number of halogens is 2. The van der Waals surface area contributed by atoms with Crippen molar-refractivity contribution in [2.45, 2.75) is 64.5 Å². The largest absolute Gasteiger partial charge is 0.460 e. The van der Waals surface area contributed by atoms with Gasteiger partial charge in [-0.3, -0.25) is 0 Å². The minimum Gasteiger partial charge on any atom is -0.460 e. The summed E-state index contributed by atoms with van der Waals surface area (Å²) in [5.41, 5.74) is 2.22. The van der Waals surface area contributed by atoms with E-state index in [0.717, 1.165) is 29.5 Å². The van der Waals surface area contributed by atoms with Crippen LogP contribution in [0.1, 0.15) is 58.1 Å². The van der Waals surface area contributed by atoms with Gasteiger partial charge in [-0.2, -0.15) is 0 Å². The third-order valence-electron chi connectivity index (χ3n) is 7.12. The third kappa shape index (κ3) is 3.24. The van der Waals surface area contributed by atoms with Gasteiger partial charge >= 0.3 is 0 Å². The summed E-state index contributed by atoms with van der Waals surface area (Å²) in [6.07, 6.45) is 8.19. The molecule has 4 fully saturated rings. The van der Waals surface area contributed by atoms with Gasteiger partial charge in [0, 0.05) is 16.1 Å². The molecule has 1 aromatic heterocycles. The Kier molecular flexibility index (Phi) is 4.03. The molecule has 1 heterocycles. The van der Waals surface area contributed by atoms with Crippen molar-refractivity contribution in [1.82, 2.24) is 5.32 Å². The van der Waals surface area contributed by atoms with E-state index < -0.39 is 0 Å². The first-order chi connectivity index (χ1) is 12.8. The Hall–Kier alpha value is -0.960. The average Bonchev–Trinajstić information content (AvgIpc) is 2.98. The molecule has 0 saturated heterocycles. The summed E-state index contributed by atoms with van der Waals surface area (Å²) in [6.45, 7) is 5.81. The number of nitrogens with one attached hydrogen (secondary N) is 1. The molecule has 4 aliphatic carbocycles. The monoisotopic (exact) mass is 403 g/mol. The summed E-state index contributed by atoms with van der Waals surface area (Å²) < 4.78 is 6.11. The SMILES string of the molecule is CC12CC3CC(C)(C1)CC(NCc1ccc(-c4ccc(Cl)cc4Cl)o1)(C3)C2. The van der Waals surface area contributed by atoms with Crippen molar-refractivity contribution in [3.63, 3.8) is 0 Å². The van der Waals surface area contributed by atoms with Gasteiger partial charge < -0.3 is 9.73 Å². The van der Waals surface area contributed by atoms with Gasteiger partial charge in [-0.05, 0) is 85.6 Å². The zero-order valence-electron chi connectivity index (χ0n) is 16.1. The molecule has 2 atom stereocenters. The van der Waals surface area contributed by atoms with Crippen molar-refractivity contribution >= 4 is 23.2 Å². The van der Waals surface area contributed by atoms with Gasteiger partial charge in [0.15, 0.2) is 0 Å². The molecule has 0 amide bonds. The Morgan fingerprint density at radius 2 is 1.74 bits per heavy atom. The minimum absolute atomic E-state index is 0.286. The van der Waals surface area contributed by atoms with Crippen LogP contribution in [-0.2, 0) is 6.54 Å². The van der Waals surface area contributed by atoms with Crippen LogP contribution in [0.2, 0.25) is 10.0 Å². The highest BCUT2D eigenvalue weighted by atomic mass is 35.5. The predicted octanol–water partition coefficient (Wildman–Crippen LogP) is 7.09. The molecule has 4 heteroatoms. The Labute approximate surface area is 171 Å². The highest BCUT2D eigenvalue weighted by Gasteiger charge is 2.59. The van der Waals surface area contributed by atoms with Gasteiger partial charge in [0.05, 0.1) is 11.6 Å². The third-order valence-corrected chi connectivity index (χ3v) is 7.67. The fourth-order valence-electron chi connectivity index (χ4n) is 7.23. The average molecular weight is 404 g/mol. The number of hydrogen-bond donors (Lipinski definition) is 1. The summed E-state index contributed by atoms with van der Waals surface area (Å²) in [5.74, 6) is 2.67. The van der Waals surface area contributed by atoms with E-state index in [2.05, 4.69) is 25.2 Å². The van der Waals surface area contributed by atoms with Gasteiger partial charge in [-0.15, -0.1) is 0 Å². The van der Waals surface area contributed by atoms with Crippen molar-refractivity contribution in [2.24, 2.45) is 16.7 Å². The second kappa shape index (κ2) is 6.02. The number of furan rings is 1.